The lowest BCUT2D eigenvalue weighted by Crippen LogP contribution is -2.38. The van der Waals surface area contributed by atoms with E-state index in [0.29, 0.717) is 19.0 Å². The monoisotopic (exact) mass is 394 g/mol. The number of fused-ring (bicyclic) bond motifs is 1. The first kappa shape index (κ1) is 19.2. The molecule has 7 nitrogen and oxygen atoms in total. The second-order valence-electron chi connectivity index (χ2n) is 7.56. The van der Waals surface area contributed by atoms with Gasteiger partial charge in [-0.25, -0.2) is 0 Å². The quantitative estimate of drug-likeness (QED) is 0.637. The number of carbonyl (C=O) groups is 1. The van der Waals surface area contributed by atoms with Crippen LogP contribution in [0.3, 0.4) is 0 Å². The van der Waals surface area contributed by atoms with Gasteiger partial charge in [-0.2, -0.15) is 4.98 Å². The van der Waals surface area contributed by atoms with Gasteiger partial charge in [0.25, 0.3) is 6.01 Å². The number of methoxy groups -OCH3 is 1. The second-order valence-corrected chi connectivity index (χ2v) is 7.56. The highest BCUT2D eigenvalue weighted by Gasteiger charge is 2.26. The third-order valence-corrected chi connectivity index (χ3v) is 5.39. The fourth-order valence-corrected chi connectivity index (χ4v) is 3.79. The number of pyridine rings is 1. The van der Waals surface area contributed by atoms with Gasteiger partial charge in [-0.15, -0.1) is 0 Å². The summed E-state index contributed by atoms with van der Waals surface area (Å²) in [5.41, 5.74) is 2.43. The summed E-state index contributed by atoms with van der Waals surface area (Å²) in [6.45, 7) is 2.19. The van der Waals surface area contributed by atoms with Crippen molar-refractivity contribution in [3.05, 3.63) is 48.3 Å². The van der Waals surface area contributed by atoms with Gasteiger partial charge >= 0.3 is 0 Å². The number of carbonyl (C=O) groups excluding carboxylic acids is 1. The van der Waals surface area contributed by atoms with E-state index < -0.39 is 0 Å². The maximum Gasteiger partial charge on any atom is 0.298 e. The minimum atomic E-state index is 0.143. The Labute approximate surface area is 170 Å². The molecule has 152 valence electrons. The van der Waals surface area contributed by atoms with Crippen LogP contribution in [0.15, 0.2) is 47.0 Å². The van der Waals surface area contributed by atoms with Gasteiger partial charge in [0.15, 0.2) is 5.58 Å². The van der Waals surface area contributed by atoms with Crippen LogP contribution in [0.2, 0.25) is 0 Å². The summed E-state index contributed by atoms with van der Waals surface area (Å²) in [5.74, 6) is 1.19. The van der Waals surface area contributed by atoms with E-state index >= 15 is 0 Å². The molecular weight excluding hydrogens is 368 g/mol. The van der Waals surface area contributed by atoms with Crippen LogP contribution in [0.5, 0.6) is 5.75 Å². The lowest BCUT2D eigenvalue weighted by Gasteiger charge is -2.32. The van der Waals surface area contributed by atoms with E-state index in [4.69, 9.17) is 9.15 Å². The van der Waals surface area contributed by atoms with Gasteiger partial charge < -0.3 is 19.0 Å². The first-order valence-corrected chi connectivity index (χ1v) is 9.96. The average Bonchev–Trinajstić information content (AvgIpc) is 3.18. The molecule has 0 saturated carbocycles. The summed E-state index contributed by atoms with van der Waals surface area (Å²) < 4.78 is 11.2. The number of hydrogen-bond donors (Lipinski definition) is 0. The van der Waals surface area contributed by atoms with Gasteiger partial charge in [0.05, 0.1) is 19.3 Å². The van der Waals surface area contributed by atoms with Crippen molar-refractivity contribution >= 4 is 23.0 Å². The summed E-state index contributed by atoms with van der Waals surface area (Å²) in [7, 11) is 3.48. The Bertz CT molecular complexity index is 973. The largest absolute Gasteiger partial charge is 0.497 e. The molecule has 0 radical (unpaired) electrons. The van der Waals surface area contributed by atoms with Crippen LogP contribution in [-0.2, 0) is 11.3 Å². The molecule has 0 bridgehead atoms. The fraction of sp³-hybridized carbons (Fsp3) is 0.409. The molecule has 1 fully saturated rings. The van der Waals surface area contributed by atoms with Crippen molar-refractivity contribution in [2.24, 2.45) is 5.92 Å². The number of benzene rings is 1. The van der Waals surface area contributed by atoms with Crippen molar-refractivity contribution in [1.82, 2.24) is 14.9 Å². The smallest absolute Gasteiger partial charge is 0.298 e. The molecule has 3 heterocycles. The molecule has 29 heavy (non-hydrogen) atoms. The van der Waals surface area contributed by atoms with E-state index in [1.165, 1.54) is 0 Å². The topological polar surface area (TPSA) is 71.7 Å². The Morgan fingerprint density at radius 2 is 2.24 bits per heavy atom. The molecule has 4 rings (SSSR count). The molecule has 1 aliphatic rings. The van der Waals surface area contributed by atoms with Crippen molar-refractivity contribution in [3.8, 4) is 5.75 Å². The number of hydrogen-bond acceptors (Lipinski definition) is 6. The number of ether oxygens (including phenoxy) is 1. The van der Waals surface area contributed by atoms with Crippen molar-refractivity contribution in [2.45, 2.75) is 25.8 Å². The first-order valence-electron chi connectivity index (χ1n) is 9.96. The van der Waals surface area contributed by atoms with Crippen LogP contribution in [-0.4, -0.2) is 48.0 Å². The third kappa shape index (κ3) is 4.50. The van der Waals surface area contributed by atoms with Crippen molar-refractivity contribution in [1.29, 1.82) is 0 Å². The molecule has 0 N–H and O–H groups in total. The summed E-state index contributed by atoms with van der Waals surface area (Å²) in [4.78, 5) is 25.5. The van der Waals surface area contributed by atoms with Crippen LogP contribution >= 0.6 is 0 Å². The number of anilines is 1. The number of aromatic nitrogens is 2. The number of piperidine rings is 1. The van der Waals surface area contributed by atoms with Crippen molar-refractivity contribution in [2.75, 3.05) is 32.1 Å². The Morgan fingerprint density at radius 1 is 1.34 bits per heavy atom. The van der Waals surface area contributed by atoms with Crippen molar-refractivity contribution in [3.63, 3.8) is 0 Å². The highest BCUT2D eigenvalue weighted by Crippen LogP contribution is 2.29. The van der Waals surface area contributed by atoms with E-state index in [9.17, 15) is 4.79 Å². The van der Waals surface area contributed by atoms with Crippen LogP contribution < -0.4 is 9.64 Å². The Kier molecular flexibility index (Phi) is 5.64. The fourth-order valence-electron chi connectivity index (χ4n) is 3.79. The molecule has 2 aromatic heterocycles. The minimum Gasteiger partial charge on any atom is -0.497 e. The standard InChI is InChI=1S/C22H26N4O3/c1-25(15-17-7-3-4-10-23-17)21(27)12-16-6-5-11-26(14-16)22-24-19-13-18(28-2)8-9-20(19)29-22/h3-4,7-10,13,16H,5-6,11-12,14-15H2,1-2H3. The minimum absolute atomic E-state index is 0.143. The van der Waals surface area contributed by atoms with Crippen LogP contribution in [0, 0.1) is 5.92 Å². The number of nitrogens with zero attached hydrogens (tertiary/aromatic N) is 4. The summed E-state index contributed by atoms with van der Waals surface area (Å²) in [6.07, 6.45) is 4.33. The lowest BCUT2D eigenvalue weighted by atomic mass is 9.94. The lowest BCUT2D eigenvalue weighted by molar-refractivity contribution is -0.131. The number of oxazole rings is 1. The zero-order valence-electron chi connectivity index (χ0n) is 16.9. The molecule has 1 aromatic carbocycles. The Balaban J connectivity index is 1.38. The normalized spacial score (nSPS) is 16.8. The maximum absolute atomic E-state index is 12.7. The third-order valence-electron chi connectivity index (χ3n) is 5.39. The van der Waals surface area contributed by atoms with Gasteiger partial charge in [-0.1, -0.05) is 6.07 Å². The van der Waals surface area contributed by atoms with E-state index in [1.807, 2.05) is 43.4 Å². The highest BCUT2D eigenvalue weighted by atomic mass is 16.5. The molecule has 3 aromatic rings. The van der Waals surface area contributed by atoms with E-state index in [2.05, 4.69) is 14.9 Å². The van der Waals surface area contributed by atoms with Crippen LogP contribution in [0.25, 0.3) is 11.1 Å². The molecule has 1 unspecified atom stereocenters. The molecule has 1 atom stereocenters. The Hall–Kier alpha value is -3.09. The zero-order chi connectivity index (χ0) is 20.2. The molecule has 1 saturated heterocycles. The summed E-state index contributed by atoms with van der Waals surface area (Å²) in [5, 5.41) is 0. The zero-order valence-corrected chi connectivity index (χ0v) is 16.9. The van der Waals surface area contributed by atoms with Gasteiger partial charge in [-0.05, 0) is 43.0 Å². The van der Waals surface area contributed by atoms with Gasteiger partial charge in [-0.3, -0.25) is 9.78 Å². The molecule has 1 amide bonds. The van der Waals surface area contributed by atoms with Gasteiger partial charge in [0.1, 0.15) is 11.3 Å². The predicted molar refractivity (Wildman–Crippen MR) is 111 cm³/mol. The van der Waals surface area contributed by atoms with E-state index in [-0.39, 0.29) is 11.8 Å². The second kappa shape index (κ2) is 8.51. The predicted octanol–water partition coefficient (Wildman–Crippen LogP) is 3.50. The molecular formula is C22H26N4O3. The van der Waals surface area contributed by atoms with Gasteiger partial charge in [0, 0.05) is 38.8 Å². The van der Waals surface area contributed by atoms with Crippen molar-refractivity contribution < 1.29 is 13.9 Å². The average molecular weight is 394 g/mol. The molecule has 1 aliphatic heterocycles. The molecule has 0 aliphatic carbocycles. The molecule has 0 spiro atoms. The number of rotatable bonds is 6. The summed E-state index contributed by atoms with van der Waals surface area (Å²) >= 11 is 0. The van der Waals surface area contributed by atoms with E-state index in [1.54, 1.807) is 18.2 Å². The Morgan fingerprint density at radius 3 is 3.03 bits per heavy atom. The van der Waals surface area contributed by atoms with Gasteiger partial charge in [0.2, 0.25) is 5.91 Å². The SMILES string of the molecule is COc1ccc2oc(N3CCCC(CC(=O)N(C)Cc4ccccn4)C3)nc2c1. The van der Waals surface area contributed by atoms with Crippen LogP contribution in [0.1, 0.15) is 25.0 Å². The molecule has 7 heteroatoms. The van der Waals surface area contributed by atoms with Crippen LogP contribution in [0.4, 0.5) is 6.01 Å². The maximum atomic E-state index is 12.7. The summed E-state index contributed by atoms with van der Waals surface area (Å²) in [6, 6.07) is 12.0. The van der Waals surface area contributed by atoms with E-state index in [0.717, 1.165) is 48.5 Å². The highest BCUT2D eigenvalue weighted by molar-refractivity contribution is 5.77. The first-order chi connectivity index (χ1) is 14.1. The number of amides is 1.